The molecule has 21 heavy (non-hydrogen) atoms. The zero-order valence-corrected chi connectivity index (χ0v) is 13.8. The molecule has 122 valence electrons. The Labute approximate surface area is 127 Å². The second-order valence-electron chi connectivity index (χ2n) is 6.87. The summed E-state index contributed by atoms with van der Waals surface area (Å²) in [6.07, 6.45) is 5.35. The van der Waals surface area contributed by atoms with E-state index >= 15 is 0 Å². The average Bonchev–Trinajstić information content (AvgIpc) is 2.70. The topological polar surface area (TPSA) is 91.0 Å². The number of nitrogens with two attached hydrogens (primary N) is 1. The van der Waals surface area contributed by atoms with Crippen LogP contribution in [-0.4, -0.2) is 48.0 Å². The highest BCUT2D eigenvalue weighted by atomic mass is 16.4. The number of carbonyl (C=O) groups excluding carboxylic acids is 1. The molecule has 0 atom stereocenters. The van der Waals surface area contributed by atoms with Crippen molar-refractivity contribution in [3.8, 4) is 0 Å². The van der Waals surface area contributed by atoms with Gasteiger partial charge < -0.3 is 21.2 Å². The molecule has 6 heteroatoms. The van der Waals surface area contributed by atoms with Crippen LogP contribution >= 0.6 is 0 Å². The highest BCUT2D eigenvalue weighted by Gasteiger charge is 2.43. The van der Waals surface area contributed by atoms with E-state index in [0.717, 1.165) is 25.7 Å². The number of amides is 1. The maximum absolute atomic E-state index is 12.7. The quantitative estimate of drug-likeness (QED) is 0.236. The van der Waals surface area contributed by atoms with E-state index in [0.29, 0.717) is 19.4 Å². The van der Waals surface area contributed by atoms with Crippen molar-refractivity contribution < 1.29 is 10.0 Å². The number of likely N-dealkylation sites (N-methyl/N-ethyl adjacent to an activating group) is 1. The summed E-state index contributed by atoms with van der Waals surface area (Å²) in [6, 6.07) is 0. The summed E-state index contributed by atoms with van der Waals surface area (Å²) in [5.41, 5.74) is 4.88. The van der Waals surface area contributed by atoms with Crippen LogP contribution in [0, 0.1) is 5.41 Å². The maximum Gasteiger partial charge on any atom is 0.234 e. The van der Waals surface area contributed by atoms with E-state index in [1.54, 1.807) is 0 Å². The first-order valence-corrected chi connectivity index (χ1v) is 7.70. The van der Waals surface area contributed by atoms with Crippen molar-refractivity contribution in [2.24, 2.45) is 16.3 Å². The van der Waals surface area contributed by atoms with E-state index < -0.39 is 5.41 Å². The molecule has 0 aromatic carbocycles. The van der Waals surface area contributed by atoms with Gasteiger partial charge in [-0.05, 0) is 40.8 Å². The lowest BCUT2D eigenvalue weighted by molar-refractivity contribution is -0.128. The molecule has 1 aliphatic rings. The Morgan fingerprint density at radius 1 is 1.29 bits per heavy atom. The Morgan fingerprint density at radius 3 is 2.24 bits per heavy atom. The Morgan fingerprint density at radius 2 is 1.81 bits per heavy atom. The molecular formula is C15H30N4O2. The third kappa shape index (κ3) is 4.09. The summed E-state index contributed by atoms with van der Waals surface area (Å²) in [7, 11) is 3.97. The van der Waals surface area contributed by atoms with E-state index in [1.165, 1.54) is 0 Å². The molecule has 1 aliphatic carbocycles. The molecule has 1 saturated carbocycles. The molecule has 1 fully saturated rings. The van der Waals surface area contributed by atoms with Crippen LogP contribution in [0.15, 0.2) is 5.16 Å². The molecule has 0 unspecified atom stereocenters. The van der Waals surface area contributed by atoms with Crippen LogP contribution < -0.4 is 11.1 Å². The molecule has 0 radical (unpaired) electrons. The number of amidine groups is 1. The Hall–Kier alpha value is -1.30. The van der Waals surface area contributed by atoms with Crippen molar-refractivity contribution in [1.82, 2.24) is 10.2 Å². The SMILES string of the molecule is CN(C)C(C)(C)CNC(=O)C1(C(N)=NO)CCCCCC1. The van der Waals surface area contributed by atoms with Crippen LogP contribution in [0.25, 0.3) is 0 Å². The second-order valence-corrected chi connectivity index (χ2v) is 6.87. The average molecular weight is 298 g/mol. The first-order chi connectivity index (χ1) is 9.76. The third-order valence-corrected chi connectivity index (χ3v) is 4.88. The Bertz CT molecular complexity index is 383. The summed E-state index contributed by atoms with van der Waals surface area (Å²) in [4.78, 5) is 14.8. The van der Waals surface area contributed by atoms with Crippen molar-refractivity contribution in [2.75, 3.05) is 20.6 Å². The van der Waals surface area contributed by atoms with Crippen LogP contribution in [0.5, 0.6) is 0 Å². The van der Waals surface area contributed by atoms with Crippen LogP contribution in [-0.2, 0) is 4.79 Å². The minimum atomic E-state index is -0.854. The predicted molar refractivity (Wildman–Crippen MR) is 84.3 cm³/mol. The fraction of sp³-hybridized carbons (Fsp3) is 0.867. The smallest absolute Gasteiger partial charge is 0.234 e. The standard InChI is InChI=1S/C15H30N4O2/c1-14(2,19(3)4)11-17-13(20)15(12(16)18-21)9-7-5-6-8-10-15/h21H,5-11H2,1-4H3,(H2,16,18)(H,17,20). The van der Waals surface area contributed by atoms with Crippen LogP contribution in [0.1, 0.15) is 52.4 Å². The van der Waals surface area contributed by atoms with Crippen LogP contribution in [0.4, 0.5) is 0 Å². The van der Waals surface area contributed by atoms with Crippen LogP contribution in [0.2, 0.25) is 0 Å². The van der Waals surface area contributed by atoms with Gasteiger partial charge in [0, 0.05) is 12.1 Å². The molecule has 0 bridgehead atoms. The van der Waals surface area contributed by atoms with Crippen LogP contribution in [0.3, 0.4) is 0 Å². The fourth-order valence-electron chi connectivity index (χ4n) is 2.65. The van der Waals surface area contributed by atoms with Gasteiger partial charge in [0.1, 0.15) is 5.41 Å². The second kappa shape index (κ2) is 7.11. The van der Waals surface area contributed by atoms with Crippen molar-refractivity contribution in [1.29, 1.82) is 0 Å². The largest absolute Gasteiger partial charge is 0.409 e. The molecule has 0 spiro atoms. The van der Waals surface area contributed by atoms with E-state index in [1.807, 2.05) is 14.1 Å². The summed E-state index contributed by atoms with van der Waals surface area (Å²) >= 11 is 0. The minimum Gasteiger partial charge on any atom is -0.409 e. The van der Waals surface area contributed by atoms with Gasteiger partial charge in [-0.15, -0.1) is 0 Å². The summed E-state index contributed by atoms with van der Waals surface area (Å²) < 4.78 is 0. The zero-order chi connectivity index (χ0) is 16.1. The number of rotatable bonds is 5. The van der Waals surface area contributed by atoms with Crippen molar-refractivity contribution in [3.05, 3.63) is 0 Å². The number of nitrogens with zero attached hydrogens (tertiary/aromatic N) is 2. The van der Waals surface area contributed by atoms with Gasteiger partial charge in [-0.25, -0.2) is 0 Å². The first-order valence-electron chi connectivity index (χ1n) is 7.70. The number of oxime groups is 1. The van der Waals surface area contributed by atoms with Gasteiger partial charge in [-0.2, -0.15) is 0 Å². The molecule has 0 aliphatic heterocycles. The number of hydrogen-bond acceptors (Lipinski definition) is 4. The minimum absolute atomic E-state index is 0.0459. The van der Waals surface area contributed by atoms with Gasteiger partial charge in [0.25, 0.3) is 0 Å². The maximum atomic E-state index is 12.7. The van der Waals surface area contributed by atoms with Gasteiger partial charge in [-0.1, -0.05) is 30.8 Å². The van der Waals surface area contributed by atoms with Gasteiger partial charge in [-0.3, -0.25) is 4.79 Å². The Kier molecular flexibility index (Phi) is 6.01. The van der Waals surface area contributed by atoms with Crippen molar-refractivity contribution in [3.63, 3.8) is 0 Å². The molecule has 1 amide bonds. The normalized spacial score (nSPS) is 20.1. The lowest BCUT2D eigenvalue weighted by atomic mass is 9.78. The molecule has 0 heterocycles. The van der Waals surface area contributed by atoms with E-state index in [-0.39, 0.29) is 17.3 Å². The van der Waals surface area contributed by atoms with Gasteiger partial charge in [0.2, 0.25) is 5.91 Å². The van der Waals surface area contributed by atoms with Crippen molar-refractivity contribution >= 4 is 11.7 Å². The lowest BCUT2D eigenvalue weighted by Crippen LogP contribution is -2.54. The van der Waals surface area contributed by atoms with Gasteiger partial charge >= 0.3 is 0 Å². The van der Waals surface area contributed by atoms with E-state index in [9.17, 15) is 4.79 Å². The Balaban J connectivity index is 2.86. The predicted octanol–water partition coefficient (Wildman–Crippen LogP) is 1.53. The van der Waals surface area contributed by atoms with E-state index in [4.69, 9.17) is 10.9 Å². The highest BCUT2D eigenvalue weighted by Crippen LogP contribution is 2.35. The molecule has 1 rings (SSSR count). The number of hydrogen-bond donors (Lipinski definition) is 3. The lowest BCUT2D eigenvalue weighted by Gasteiger charge is -2.35. The molecule has 0 aromatic heterocycles. The molecule has 0 aromatic rings. The molecule has 4 N–H and O–H groups in total. The van der Waals surface area contributed by atoms with Gasteiger partial charge in [0.05, 0.1) is 0 Å². The molecule has 0 saturated heterocycles. The summed E-state index contributed by atoms with van der Waals surface area (Å²) in [6.45, 7) is 4.66. The van der Waals surface area contributed by atoms with Gasteiger partial charge in [0.15, 0.2) is 5.84 Å². The third-order valence-electron chi connectivity index (χ3n) is 4.88. The fourth-order valence-corrected chi connectivity index (χ4v) is 2.65. The number of nitrogens with one attached hydrogen (secondary N) is 1. The zero-order valence-electron chi connectivity index (χ0n) is 13.8. The van der Waals surface area contributed by atoms with E-state index in [2.05, 4.69) is 29.2 Å². The highest BCUT2D eigenvalue weighted by molar-refractivity contribution is 6.06. The molecular weight excluding hydrogens is 268 g/mol. The monoisotopic (exact) mass is 298 g/mol. The summed E-state index contributed by atoms with van der Waals surface area (Å²) in [5, 5.41) is 15.2. The molecule has 6 nitrogen and oxygen atoms in total. The number of carbonyl (C=O) groups is 1. The van der Waals surface area contributed by atoms with Crippen molar-refractivity contribution in [2.45, 2.75) is 57.9 Å². The first kappa shape index (κ1) is 17.8. The summed E-state index contributed by atoms with van der Waals surface area (Å²) in [5.74, 6) is -0.0702.